The Hall–Kier alpha value is -1.42. The Morgan fingerprint density at radius 3 is 2.44 bits per heavy atom. The number of pyridine rings is 1. The summed E-state index contributed by atoms with van der Waals surface area (Å²) in [6.45, 7) is 1.95. The van der Waals surface area contributed by atoms with Crippen LogP contribution in [0.25, 0.3) is 11.1 Å². The second-order valence-corrected chi connectivity index (χ2v) is 4.54. The molecule has 1 heterocycles. The predicted octanol–water partition coefficient (Wildman–Crippen LogP) is 3.64. The van der Waals surface area contributed by atoms with E-state index in [9.17, 15) is 9.18 Å². The average molecular weight is 310 g/mol. The monoisotopic (exact) mass is 309 g/mol. The van der Waals surface area contributed by atoms with Crippen LogP contribution in [0.2, 0.25) is 0 Å². The second kappa shape index (κ2) is 5.48. The van der Waals surface area contributed by atoms with E-state index in [1.807, 2.05) is 6.92 Å². The molecule has 94 valence electrons. The standard InChI is InChI=1S/C14H13BrFNO/c1-2-11-12(7-15)13(8-17-14(11)18)9-3-5-10(16)6-4-9/h3-6,8H,2,7H2,1H3,(H,17,18). The highest BCUT2D eigenvalue weighted by Crippen LogP contribution is 2.26. The summed E-state index contributed by atoms with van der Waals surface area (Å²) in [5.41, 5.74) is 3.51. The number of halogens is 2. The smallest absolute Gasteiger partial charge is 0.251 e. The van der Waals surface area contributed by atoms with Gasteiger partial charge >= 0.3 is 0 Å². The summed E-state index contributed by atoms with van der Waals surface area (Å²) in [5.74, 6) is -0.265. The van der Waals surface area contributed by atoms with E-state index >= 15 is 0 Å². The molecule has 2 rings (SSSR count). The van der Waals surface area contributed by atoms with E-state index in [0.717, 1.165) is 22.3 Å². The third-order valence-electron chi connectivity index (χ3n) is 2.95. The fraction of sp³-hybridized carbons (Fsp3) is 0.214. The lowest BCUT2D eigenvalue weighted by atomic mass is 9.98. The topological polar surface area (TPSA) is 32.9 Å². The number of hydrogen-bond acceptors (Lipinski definition) is 1. The molecule has 2 aromatic rings. The fourth-order valence-corrected chi connectivity index (χ4v) is 2.67. The zero-order chi connectivity index (χ0) is 13.1. The predicted molar refractivity (Wildman–Crippen MR) is 74.5 cm³/mol. The third-order valence-corrected chi connectivity index (χ3v) is 3.51. The lowest BCUT2D eigenvalue weighted by Crippen LogP contribution is -2.15. The van der Waals surface area contributed by atoms with Crippen molar-refractivity contribution in [3.05, 3.63) is 57.8 Å². The minimum Gasteiger partial charge on any atom is -0.328 e. The van der Waals surface area contributed by atoms with Gasteiger partial charge in [-0.05, 0) is 29.7 Å². The molecule has 1 aromatic carbocycles. The molecular formula is C14H13BrFNO. The molecule has 0 amide bonds. The van der Waals surface area contributed by atoms with E-state index in [0.29, 0.717) is 11.8 Å². The first-order valence-corrected chi connectivity index (χ1v) is 6.84. The van der Waals surface area contributed by atoms with Gasteiger partial charge in [0.1, 0.15) is 5.82 Å². The molecular weight excluding hydrogens is 297 g/mol. The van der Waals surface area contributed by atoms with Crippen molar-refractivity contribution in [2.24, 2.45) is 0 Å². The average Bonchev–Trinajstić information content (AvgIpc) is 2.39. The first-order chi connectivity index (χ1) is 8.67. The highest BCUT2D eigenvalue weighted by molar-refractivity contribution is 9.08. The zero-order valence-electron chi connectivity index (χ0n) is 9.97. The van der Waals surface area contributed by atoms with Gasteiger partial charge < -0.3 is 4.98 Å². The van der Waals surface area contributed by atoms with Gasteiger partial charge in [0.2, 0.25) is 0 Å². The van der Waals surface area contributed by atoms with Crippen LogP contribution in [0.3, 0.4) is 0 Å². The number of hydrogen-bond donors (Lipinski definition) is 1. The molecule has 0 saturated carbocycles. The molecule has 2 nitrogen and oxygen atoms in total. The molecule has 0 saturated heterocycles. The van der Waals surface area contributed by atoms with Crippen molar-refractivity contribution in [1.29, 1.82) is 0 Å². The van der Waals surface area contributed by atoms with Gasteiger partial charge in [-0.15, -0.1) is 0 Å². The zero-order valence-corrected chi connectivity index (χ0v) is 11.6. The molecule has 0 atom stereocenters. The molecule has 0 aliphatic carbocycles. The molecule has 0 aliphatic rings. The van der Waals surface area contributed by atoms with Crippen LogP contribution in [0, 0.1) is 5.82 Å². The maximum absolute atomic E-state index is 12.9. The molecule has 0 bridgehead atoms. The van der Waals surface area contributed by atoms with Crippen molar-refractivity contribution in [2.45, 2.75) is 18.7 Å². The molecule has 0 unspecified atom stereocenters. The van der Waals surface area contributed by atoms with Crippen molar-refractivity contribution in [2.75, 3.05) is 0 Å². The number of aromatic amines is 1. The van der Waals surface area contributed by atoms with E-state index in [1.165, 1.54) is 12.1 Å². The first kappa shape index (κ1) is 13.0. The number of nitrogens with one attached hydrogen (secondary N) is 1. The highest BCUT2D eigenvalue weighted by atomic mass is 79.9. The summed E-state index contributed by atoms with van der Waals surface area (Å²) in [6.07, 6.45) is 2.36. The van der Waals surface area contributed by atoms with Crippen molar-refractivity contribution < 1.29 is 4.39 Å². The summed E-state index contributed by atoms with van der Waals surface area (Å²) < 4.78 is 12.9. The van der Waals surface area contributed by atoms with Gasteiger partial charge in [0.25, 0.3) is 5.56 Å². The quantitative estimate of drug-likeness (QED) is 0.863. The largest absolute Gasteiger partial charge is 0.328 e. The Labute approximate surface area is 113 Å². The van der Waals surface area contributed by atoms with Gasteiger partial charge in [-0.2, -0.15) is 0 Å². The molecule has 0 radical (unpaired) electrons. The molecule has 4 heteroatoms. The minimum absolute atomic E-state index is 0.0576. The van der Waals surface area contributed by atoms with Crippen LogP contribution in [0.4, 0.5) is 4.39 Å². The van der Waals surface area contributed by atoms with Gasteiger partial charge in [0.05, 0.1) is 0 Å². The lowest BCUT2D eigenvalue weighted by Gasteiger charge is -2.11. The van der Waals surface area contributed by atoms with Crippen LogP contribution in [0.15, 0.2) is 35.3 Å². The molecule has 0 spiro atoms. The Morgan fingerprint density at radius 1 is 1.22 bits per heavy atom. The van der Waals surface area contributed by atoms with Crippen molar-refractivity contribution in [1.82, 2.24) is 4.98 Å². The summed E-state index contributed by atoms with van der Waals surface area (Å²) in [5, 5.41) is 0.604. The Kier molecular flexibility index (Phi) is 3.97. The SMILES string of the molecule is CCc1c(CBr)c(-c2ccc(F)cc2)c[nH]c1=O. The lowest BCUT2D eigenvalue weighted by molar-refractivity contribution is 0.628. The van der Waals surface area contributed by atoms with E-state index in [1.54, 1.807) is 18.3 Å². The van der Waals surface area contributed by atoms with Crippen LogP contribution >= 0.6 is 15.9 Å². The van der Waals surface area contributed by atoms with Gasteiger partial charge in [-0.25, -0.2) is 4.39 Å². The van der Waals surface area contributed by atoms with Crippen LogP contribution < -0.4 is 5.56 Å². The molecule has 1 aromatic heterocycles. The highest BCUT2D eigenvalue weighted by Gasteiger charge is 2.11. The Balaban J connectivity index is 2.64. The van der Waals surface area contributed by atoms with Crippen LogP contribution in [-0.4, -0.2) is 4.98 Å². The number of alkyl halides is 1. The Morgan fingerprint density at radius 2 is 1.89 bits per heavy atom. The van der Waals surface area contributed by atoms with Gasteiger partial charge in [0.15, 0.2) is 0 Å². The molecule has 0 fully saturated rings. The second-order valence-electron chi connectivity index (χ2n) is 3.98. The van der Waals surface area contributed by atoms with Crippen molar-refractivity contribution >= 4 is 15.9 Å². The summed E-state index contributed by atoms with van der Waals surface area (Å²) >= 11 is 3.42. The summed E-state index contributed by atoms with van der Waals surface area (Å²) in [6, 6.07) is 6.28. The van der Waals surface area contributed by atoms with Crippen LogP contribution in [-0.2, 0) is 11.8 Å². The van der Waals surface area contributed by atoms with Crippen molar-refractivity contribution in [3.63, 3.8) is 0 Å². The third kappa shape index (κ3) is 2.38. The number of benzene rings is 1. The van der Waals surface area contributed by atoms with E-state index < -0.39 is 0 Å². The van der Waals surface area contributed by atoms with Crippen LogP contribution in [0.1, 0.15) is 18.1 Å². The number of H-pyrrole nitrogens is 1. The van der Waals surface area contributed by atoms with E-state index in [-0.39, 0.29) is 11.4 Å². The fourth-order valence-electron chi connectivity index (χ4n) is 2.03. The maximum atomic E-state index is 12.9. The van der Waals surface area contributed by atoms with E-state index in [2.05, 4.69) is 20.9 Å². The van der Waals surface area contributed by atoms with Gasteiger partial charge in [0, 0.05) is 22.7 Å². The Bertz CT molecular complexity index is 604. The molecule has 1 N–H and O–H groups in total. The normalized spacial score (nSPS) is 10.6. The summed E-state index contributed by atoms with van der Waals surface area (Å²) in [4.78, 5) is 14.5. The van der Waals surface area contributed by atoms with E-state index in [4.69, 9.17) is 0 Å². The maximum Gasteiger partial charge on any atom is 0.251 e. The van der Waals surface area contributed by atoms with Crippen LogP contribution in [0.5, 0.6) is 0 Å². The molecule has 0 aliphatic heterocycles. The summed E-state index contributed by atoms with van der Waals surface area (Å²) in [7, 11) is 0. The van der Waals surface area contributed by atoms with Crippen molar-refractivity contribution in [3.8, 4) is 11.1 Å². The number of aromatic nitrogens is 1. The molecule has 18 heavy (non-hydrogen) atoms. The number of rotatable bonds is 3. The van der Waals surface area contributed by atoms with Gasteiger partial charge in [-0.3, -0.25) is 4.79 Å². The van der Waals surface area contributed by atoms with Gasteiger partial charge in [-0.1, -0.05) is 35.0 Å². The first-order valence-electron chi connectivity index (χ1n) is 5.72. The minimum atomic E-state index is -0.265.